The van der Waals surface area contributed by atoms with Gasteiger partial charge in [-0.25, -0.2) is 0 Å². The first-order chi connectivity index (χ1) is 7.11. The Labute approximate surface area is 126 Å². The summed E-state index contributed by atoms with van der Waals surface area (Å²) in [6.45, 7) is 10.2. The number of hydrogen-bond donors (Lipinski definition) is 0. The second kappa shape index (κ2) is 7.00. The first-order valence-corrected chi connectivity index (χ1v) is 7.36. The SMILES string of the molecule is CC1=C(C)C(C)[C]([Ti][CH]2C#[N+]CC2)=C1C.[Cl-].[Cl-]. The summed E-state index contributed by atoms with van der Waals surface area (Å²) in [4.78, 5) is 4.24. The van der Waals surface area contributed by atoms with Crippen LogP contribution in [0.15, 0.2) is 20.6 Å². The zero-order valence-electron chi connectivity index (χ0n) is 10.8. The maximum absolute atomic E-state index is 4.24. The van der Waals surface area contributed by atoms with Crippen LogP contribution in [0.5, 0.6) is 0 Å². The Kier molecular flexibility index (Phi) is 7.11. The first-order valence-electron chi connectivity index (χ1n) is 5.68. The van der Waals surface area contributed by atoms with E-state index in [-0.39, 0.29) is 44.0 Å². The summed E-state index contributed by atoms with van der Waals surface area (Å²) in [7, 11) is 0. The first kappa shape index (κ1) is 17.3. The van der Waals surface area contributed by atoms with E-state index in [4.69, 9.17) is 0 Å². The maximum Gasteiger partial charge on any atom is -1.00 e. The van der Waals surface area contributed by atoms with E-state index in [0.717, 1.165) is 6.54 Å². The number of hydrogen-bond acceptors (Lipinski definition) is 0. The van der Waals surface area contributed by atoms with E-state index >= 15 is 0 Å². The number of allylic oxidation sites excluding steroid dienone is 4. The molecular formula is C13H18Cl2NTi-. The van der Waals surface area contributed by atoms with Crippen molar-refractivity contribution in [1.29, 1.82) is 0 Å². The number of halogens is 2. The quantitative estimate of drug-likeness (QED) is 0.513. The van der Waals surface area contributed by atoms with Crippen molar-refractivity contribution < 1.29 is 44.0 Å². The van der Waals surface area contributed by atoms with Gasteiger partial charge in [0.15, 0.2) is 0 Å². The van der Waals surface area contributed by atoms with Gasteiger partial charge in [0, 0.05) is 0 Å². The van der Waals surface area contributed by atoms with Gasteiger partial charge in [0.05, 0.1) is 0 Å². The van der Waals surface area contributed by atoms with Crippen molar-refractivity contribution in [1.82, 2.24) is 0 Å². The molecule has 0 aromatic carbocycles. The van der Waals surface area contributed by atoms with Crippen molar-refractivity contribution in [3.05, 3.63) is 25.4 Å². The molecule has 0 saturated heterocycles. The smallest absolute Gasteiger partial charge is 1.00 e. The fraction of sp³-hybridized carbons (Fsp3) is 0.615. The number of rotatable bonds is 2. The van der Waals surface area contributed by atoms with Crippen LogP contribution in [-0.4, -0.2) is 6.54 Å². The van der Waals surface area contributed by atoms with Crippen molar-refractivity contribution in [2.24, 2.45) is 5.92 Å². The van der Waals surface area contributed by atoms with Crippen molar-refractivity contribution in [2.75, 3.05) is 6.54 Å². The van der Waals surface area contributed by atoms with Gasteiger partial charge in [0.25, 0.3) is 0 Å². The zero-order chi connectivity index (χ0) is 11.0. The minimum absolute atomic E-state index is 0. The molecule has 2 aliphatic rings. The largest absolute Gasteiger partial charge is 1.00 e. The third-order valence-electron chi connectivity index (χ3n) is 3.75. The predicted molar refractivity (Wildman–Crippen MR) is 60.7 cm³/mol. The third kappa shape index (κ3) is 3.39. The Bertz CT molecular complexity index is 415. The van der Waals surface area contributed by atoms with Gasteiger partial charge < -0.3 is 24.8 Å². The van der Waals surface area contributed by atoms with E-state index in [1.807, 2.05) is 0 Å². The van der Waals surface area contributed by atoms with E-state index in [2.05, 4.69) is 38.6 Å². The van der Waals surface area contributed by atoms with E-state index in [9.17, 15) is 0 Å². The van der Waals surface area contributed by atoms with Crippen LogP contribution in [-0.2, 0) is 19.2 Å². The predicted octanol–water partition coefficient (Wildman–Crippen LogP) is -2.14. The van der Waals surface area contributed by atoms with Gasteiger partial charge in [-0.15, -0.1) is 0 Å². The molecule has 2 rings (SSSR count). The van der Waals surface area contributed by atoms with Gasteiger partial charge in [-0.3, -0.25) is 0 Å². The standard InChI is InChI=1S/C9H13.C4H5N.2ClH.Ti/c1-6-5-7(2)9(4)8(6)3;1-2-4-5-3-1;;;/h6H,1-4H3;1H,2,4H2;2*1H;/q;+1;;;/p-2. The molecule has 0 bridgehead atoms. The van der Waals surface area contributed by atoms with Gasteiger partial charge in [0.2, 0.25) is 0 Å². The van der Waals surface area contributed by atoms with Gasteiger partial charge in [-0.2, -0.15) is 0 Å². The Hall–Kier alpha value is 0.264. The molecule has 0 radical (unpaired) electrons. The topological polar surface area (TPSA) is 4.36 Å². The van der Waals surface area contributed by atoms with Crippen molar-refractivity contribution >= 4 is 0 Å². The van der Waals surface area contributed by atoms with Gasteiger partial charge in [-0.05, 0) is 0 Å². The molecule has 0 fully saturated rings. The molecule has 0 N–H and O–H groups in total. The average molecular weight is 307 g/mol. The third-order valence-corrected chi connectivity index (χ3v) is 6.69. The van der Waals surface area contributed by atoms with Gasteiger partial charge in [0.1, 0.15) is 0 Å². The van der Waals surface area contributed by atoms with Crippen LogP contribution in [0.25, 0.3) is 4.85 Å². The minimum atomic E-state index is -0.0279. The molecule has 0 aromatic heterocycles. The Morgan fingerprint density at radius 2 is 1.82 bits per heavy atom. The van der Waals surface area contributed by atoms with E-state index in [1.165, 1.54) is 12.0 Å². The summed E-state index contributed by atoms with van der Waals surface area (Å²) in [6.07, 6.45) is 1.25. The fourth-order valence-electron chi connectivity index (χ4n) is 2.32. The molecule has 0 aromatic rings. The summed E-state index contributed by atoms with van der Waals surface area (Å²) >= 11 is -0.0279. The van der Waals surface area contributed by atoms with E-state index < -0.39 is 0 Å². The van der Waals surface area contributed by atoms with Gasteiger partial charge in [-0.1, -0.05) is 0 Å². The summed E-state index contributed by atoms with van der Waals surface area (Å²) in [6, 6.07) is 3.28. The Balaban J connectivity index is 0.00000128. The summed E-state index contributed by atoms with van der Waals surface area (Å²) in [5.41, 5.74) is 4.70. The average Bonchev–Trinajstić information content (AvgIpc) is 2.79. The Morgan fingerprint density at radius 1 is 1.18 bits per heavy atom. The molecule has 1 nitrogen and oxygen atoms in total. The van der Waals surface area contributed by atoms with Crippen LogP contribution in [0.3, 0.4) is 0 Å². The van der Waals surface area contributed by atoms with Gasteiger partial charge >= 0.3 is 101 Å². The molecule has 1 heterocycles. The fourth-order valence-corrected chi connectivity index (χ4v) is 4.94. The molecule has 2 unspecified atom stereocenters. The van der Waals surface area contributed by atoms with Crippen LogP contribution in [0.2, 0.25) is 4.22 Å². The van der Waals surface area contributed by atoms with E-state index in [0.29, 0.717) is 10.1 Å². The van der Waals surface area contributed by atoms with Crippen LogP contribution >= 0.6 is 0 Å². The second-order valence-corrected chi connectivity index (χ2v) is 6.95. The summed E-state index contributed by atoms with van der Waals surface area (Å²) in [5.74, 6) is 0.701. The zero-order valence-corrected chi connectivity index (χ0v) is 13.8. The summed E-state index contributed by atoms with van der Waals surface area (Å²) < 4.78 is 2.45. The van der Waals surface area contributed by atoms with Crippen molar-refractivity contribution in [3.8, 4) is 6.07 Å². The Morgan fingerprint density at radius 3 is 2.24 bits per heavy atom. The number of nitrogens with zero attached hydrogens (tertiary/aromatic N) is 1. The molecule has 94 valence electrons. The monoisotopic (exact) mass is 306 g/mol. The maximum atomic E-state index is 4.24. The molecule has 4 heteroatoms. The molecule has 0 amide bonds. The van der Waals surface area contributed by atoms with Crippen molar-refractivity contribution in [3.63, 3.8) is 0 Å². The molecule has 1 aliphatic carbocycles. The second-order valence-electron chi connectivity index (χ2n) is 4.56. The van der Waals surface area contributed by atoms with Crippen LogP contribution in [0.1, 0.15) is 34.1 Å². The molecule has 2 atom stereocenters. The van der Waals surface area contributed by atoms with Crippen LogP contribution < -0.4 is 24.8 Å². The molecular weight excluding hydrogens is 289 g/mol. The van der Waals surface area contributed by atoms with Crippen molar-refractivity contribution in [2.45, 2.75) is 38.3 Å². The minimum Gasteiger partial charge on any atom is -1.00 e. The molecule has 0 saturated carbocycles. The normalized spacial score (nSPS) is 26.1. The van der Waals surface area contributed by atoms with E-state index in [1.54, 1.807) is 15.0 Å². The summed E-state index contributed by atoms with van der Waals surface area (Å²) in [5, 5.41) is 0. The van der Waals surface area contributed by atoms with Crippen LogP contribution in [0.4, 0.5) is 0 Å². The molecule has 17 heavy (non-hydrogen) atoms. The molecule has 1 aliphatic heterocycles. The molecule has 0 spiro atoms. The van der Waals surface area contributed by atoms with Crippen LogP contribution in [0, 0.1) is 12.0 Å².